The van der Waals surface area contributed by atoms with Crippen LogP contribution in [0.5, 0.6) is 0 Å². The van der Waals surface area contributed by atoms with Gasteiger partial charge < -0.3 is 4.90 Å². The van der Waals surface area contributed by atoms with Gasteiger partial charge in [-0.05, 0) is 25.0 Å². The second-order valence-electron chi connectivity index (χ2n) is 5.21. The quantitative estimate of drug-likeness (QED) is 0.693. The third-order valence-corrected chi connectivity index (χ3v) is 4.73. The predicted molar refractivity (Wildman–Crippen MR) is 96.1 cm³/mol. The highest BCUT2D eigenvalue weighted by molar-refractivity contribution is 9.10. The smallest absolute Gasteiger partial charge is 0.228 e. The zero-order valence-corrected chi connectivity index (χ0v) is 15.4. The van der Waals surface area contributed by atoms with E-state index in [1.807, 2.05) is 34.5 Å². The van der Waals surface area contributed by atoms with Crippen LogP contribution in [0.4, 0.5) is 0 Å². The number of nitrogens with zero attached hydrogens (tertiary/aromatic N) is 2. The molecule has 0 N–H and O–H groups in total. The van der Waals surface area contributed by atoms with Crippen LogP contribution in [0.2, 0.25) is 0 Å². The zero-order chi connectivity index (χ0) is 15.9. The van der Waals surface area contributed by atoms with Crippen LogP contribution in [0, 0.1) is 0 Å². The third-order valence-electron chi connectivity index (χ3n) is 3.30. The first kappa shape index (κ1) is 17.2. The maximum absolute atomic E-state index is 12.4. The van der Waals surface area contributed by atoms with Crippen LogP contribution in [-0.2, 0) is 11.2 Å². The van der Waals surface area contributed by atoms with Crippen molar-refractivity contribution >= 4 is 33.2 Å². The molecule has 5 heteroatoms. The monoisotopic (exact) mass is 380 g/mol. The summed E-state index contributed by atoms with van der Waals surface area (Å²) >= 11 is 5.07. The Morgan fingerprint density at radius 1 is 1.27 bits per heavy atom. The molecule has 0 bridgehead atoms. The van der Waals surface area contributed by atoms with Crippen LogP contribution in [0.25, 0.3) is 10.6 Å². The van der Waals surface area contributed by atoms with Gasteiger partial charge in [-0.2, -0.15) is 0 Å². The summed E-state index contributed by atoms with van der Waals surface area (Å²) in [5, 5.41) is 2.95. The number of rotatable bonds is 7. The minimum absolute atomic E-state index is 0.176. The van der Waals surface area contributed by atoms with Crippen molar-refractivity contribution in [1.82, 2.24) is 9.88 Å². The molecule has 118 valence electrons. The Morgan fingerprint density at radius 3 is 2.64 bits per heavy atom. The number of thiazole rings is 1. The van der Waals surface area contributed by atoms with Crippen LogP contribution >= 0.6 is 27.3 Å². The first-order valence-corrected chi connectivity index (χ1v) is 9.29. The van der Waals surface area contributed by atoms with Crippen LogP contribution in [0.1, 0.15) is 32.4 Å². The maximum atomic E-state index is 12.4. The average Bonchev–Trinajstić information content (AvgIpc) is 2.95. The van der Waals surface area contributed by atoms with Gasteiger partial charge >= 0.3 is 0 Å². The van der Waals surface area contributed by atoms with Crippen molar-refractivity contribution in [2.75, 3.05) is 13.1 Å². The molecule has 2 aromatic rings. The molecule has 0 aliphatic rings. The van der Waals surface area contributed by atoms with Crippen molar-refractivity contribution in [1.29, 1.82) is 0 Å². The lowest BCUT2D eigenvalue weighted by molar-refractivity contribution is -0.130. The fourth-order valence-corrected chi connectivity index (χ4v) is 3.53. The first-order chi connectivity index (χ1) is 10.6. The van der Waals surface area contributed by atoms with E-state index < -0.39 is 0 Å². The van der Waals surface area contributed by atoms with Crippen molar-refractivity contribution in [3.63, 3.8) is 0 Å². The Morgan fingerprint density at radius 2 is 2.00 bits per heavy atom. The number of benzene rings is 1. The lowest BCUT2D eigenvalue weighted by Crippen LogP contribution is -2.33. The Bertz CT molecular complexity index is 621. The largest absolute Gasteiger partial charge is 0.342 e. The zero-order valence-electron chi connectivity index (χ0n) is 13.0. The van der Waals surface area contributed by atoms with Gasteiger partial charge in [0, 0.05) is 28.5 Å². The molecule has 0 fully saturated rings. The van der Waals surface area contributed by atoms with Gasteiger partial charge in [0.25, 0.3) is 0 Å². The summed E-state index contributed by atoms with van der Waals surface area (Å²) in [5.74, 6) is 0.176. The molecule has 1 amide bonds. The molecule has 0 saturated heterocycles. The molecule has 1 heterocycles. The number of hydrogen-bond acceptors (Lipinski definition) is 3. The molecule has 0 unspecified atom stereocenters. The van der Waals surface area contributed by atoms with Crippen molar-refractivity contribution in [2.24, 2.45) is 0 Å². The summed E-state index contributed by atoms with van der Waals surface area (Å²) in [7, 11) is 0. The van der Waals surface area contributed by atoms with Crippen LogP contribution < -0.4 is 0 Å². The maximum Gasteiger partial charge on any atom is 0.228 e. The van der Waals surface area contributed by atoms with E-state index in [1.54, 1.807) is 11.3 Å². The first-order valence-electron chi connectivity index (χ1n) is 7.62. The van der Waals surface area contributed by atoms with E-state index in [-0.39, 0.29) is 5.91 Å². The molecule has 0 radical (unpaired) electrons. The summed E-state index contributed by atoms with van der Waals surface area (Å²) in [6, 6.07) is 8.07. The van der Waals surface area contributed by atoms with Gasteiger partial charge in [-0.1, -0.05) is 41.9 Å². The number of halogens is 1. The van der Waals surface area contributed by atoms with Crippen molar-refractivity contribution < 1.29 is 4.79 Å². The molecule has 22 heavy (non-hydrogen) atoms. The lowest BCUT2D eigenvalue weighted by atomic mass is 10.2. The van der Waals surface area contributed by atoms with Gasteiger partial charge in [-0.25, -0.2) is 4.98 Å². The summed E-state index contributed by atoms with van der Waals surface area (Å²) in [4.78, 5) is 18.9. The predicted octanol–water partition coefficient (Wildman–Crippen LogP) is 4.76. The third kappa shape index (κ3) is 4.65. The van der Waals surface area contributed by atoms with E-state index in [9.17, 15) is 4.79 Å². The number of hydrogen-bond donors (Lipinski definition) is 0. The standard InChI is InChI=1S/C17H21BrN2OS/c1-3-8-20(9-4-2)16(21)11-15-12-22-17(19-15)13-6-5-7-14(18)10-13/h5-7,10,12H,3-4,8-9,11H2,1-2H3. The summed E-state index contributed by atoms with van der Waals surface area (Å²) < 4.78 is 1.04. The van der Waals surface area contributed by atoms with Gasteiger partial charge in [0.05, 0.1) is 12.1 Å². The minimum Gasteiger partial charge on any atom is -0.342 e. The number of amides is 1. The second kappa shape index (κ2) is 8.44. The van der Waals surface area contributed by atoms with E-state index in [0.29, 0.717) is 6.42 Å². The topological polar surface area (TPSA) is 33.2 Å². The highest BCUT2D eigenvalue weighted by Crippen LogP contribution is 2.26. The van der Waals surface area contributed by atoms with Gasteiger partial charge in [-0.15, -0.1) is 11.3 Å². The van der Waals surface area contributed by atoms with E-state index in [1.165, 1.54) is 0 Å². The second-order valence-corrected chi connectivity index (χ2v) is 6.99. The number of carbonyl (C=O) groups excluding carboxylic acids is 1. The normalized spacial score (nSPS) is 10.7. The Kier molecular flexibility index (Phi) is 6.58. The molecule has 3 nitrogen and oxygen atoms in total. The van der Waals surface area contributed by atoms with Gasteiger partial charge in [0.2, 0.25) is 5.91 Å². The molecular weight excluding hydrogens is 360 g/mol. The van der Waals surface area contributed by atoms with Crippen molar-refractivity contribution in [2.45, 2.75) is 33.1 Å². The Hall–Kier alpha value is -1.20. The molecule has 2 rings (SSSR count). The van der Waals surface area contributed by atoms with E-state index in [0.717, 1.165) is 46.7 Å². The van der Waals surface area contributed by atoms with E-state index >= 15 is 0 Å². The van der Waals surface area contributed by atoms with Gasteiger partial charge in [0.1, 0.15) is 5.01 Å². The molecule has 0 atom stereocenters. The van der Waals surface area contributed by atoms with E-state index in [2.05, 4.69) is 34.8 Å². The summed E-state index contributed by atoms with van der Waals surface area (Å²) in [6.45, 7) is 5.86. The Balaban J connectivity index is 2.06. The van der Waals surface area contributed by atoms with Gasteiger partial charge in [-0.3, -0.25) is 4.79 Å². The lowest BCUT2D eigenvalue weighted by Gasteiger charge is -2.20. The number of aromatic nitrogens is 1. The molecule has 1 aromatic heterocycles. The molecule has 0 spiro atoms. The molecular formula is C17H21BrN2OS. The summed E-state index contributed by atoms with van der Waals surface area (Å²) in [6.07, 6.45) is 2.38. The van der Waals surface area contributed by atoms with Gasteiger partial charge in [0.15, 0.2) is 0 Å². The number of carbonyl (C=O) groups is 1. The molecule has 1 aromatic carbocycles. The highest BCUT2D eigenvalue weighted by atomic mass is 79.9. The minimum atomic E-state index is 0.176. The highest BCUT2D eigenvalue weighted by Gasteiger charge is 2.14. The van der Waals surface area contributed by atoms with Crippen molar-refractivity contribution in [3.8, 4) is 10.6 Å². The molecule has 0 aliphatic heterocycles. The summed E-state index contributed by atoms with van der Waals surface area (Å²) in [5.41, 5.74) is 1.94. The van der Waals surface area contributed by atoms with Crippen LogP contribution in [0.15, 0.2) is 34.1 Å². The average molecular weight is 381 g/mol. The van der Waals surface area contributed by atoms with Crippen molar-refractivity contribution in [3.05, 3.63) is 39.8 Å². The fraction of sp³-hybridized carbons (Fsp3) is 0.412. The SMILES string of the molecule is CCCN(CCC)C(=O)Cc1csc(-c2cccc(Br)c2)n1. The molecule has 0 aliphatic carbocycles. The fourth-order valence-electron chi connectivity index (χ4n) is 2.31. The van der Waals surface area contributed by atoms with Crippen LogP contribution in [-0.4, -0.2) is 28.9 Å². The Labute approximate surface area is 144 Å². The van der Waals surface area contributed by atoms with E-state index in [4.69, 9.17) is 0 Å². The molecule has 0 saturated carbocycles. The van der Waals surface area contributed by atoms with Crippen LogP contribution in [0.3, 0.4) is 0 Å².